The number of hydrogen-bond donors (Lipinski definition) is 4. The minimum atomic E-state index is -3.90. The molecule has 0 radical (unpaired) electrons. The summed E-state index contributed by atoms with van der Waals surface area (Å²) in [7, 11) is -3.90. The van der Waals surface area contributed by atoms with Crippen molar-refractivity contribution in [2.75, 3.05) is 17.9 Å². The smallest absolute Gasteiger partial charge is 0.344 e. The van der Waals surface area contributed by atoms with Crippen LogP contribution in [-0.2, 0) is 10.2 Å². The Morgan fingerprint density at radius 1 is 1.26 bits per heavy atom. The van der Waals surface area contributed by atoms with Gasteiger partial charge < -0.3 is 25.6 Å². The zero-order chi connectivity index (χ0) is 22.2. The summed E-state index contributed by atoms with van der Waals surface area (Å²) in [5.74, 6) is -0.545. The SMILES string of the molecule is NC1=NS(=O)(=O)Nc2cccc(OCC3CCCCN3C(=O)c3cc(O)ccc3O)c21. The van der Waals surface area contributed by atoms with E-state index in [1.54, 1.807) is 23.1 Å². The molecule has 2 aliphatic rings. The highest BCUT2D eigenvalue weighted by molar-refractivity contribution is 7.91. The number of amides is 1. The van der Waals surface area contributed by atoms with E-state index in [1.807, 2.05) is 0 Å². The number of aromatic hydroxyl groups is 2. The molecule has 2 aromatic carbocycles. The van der Waals surface area contributed by atoms with Crippen LogP contribution in [0.1, 0.15) is 35.2 Å². The third-order valence-corrected chi connectivity index (χ3v) is 6.18. The topological polar surface area (TPSA) is 155 Å². The Balaban J connectivity index is 1.56. The number of hydrogen-bond acceptors (Lipinski definition) is 7. The van der Waals surface area contributed by atoms with Crippen molar-refractivity contribution in [2.24, 2.45) is 10.1 Å². The van der Waals surface area contributed by atoms with Crippen molar-refractivity contribution in [1.82, 2.24) is 4.90 Å². The Bertz CT molecular complexity index is 1160. The van der Waals surface area contributed by atoms with Gasteiger partial charge in [0.1, 0.15) is 23.9 Å². The summed E-state index contributed by atoms with van der Waals surface area (Å²) in [6, 6.07) is 8.38. The zero-order valence-corrected chi connectivity index (χ0v) is 17.3. The largest absolute Gasteiger partial charge is 0.508 e. The van der Waals surface area contributed by atoms with E-state index in [1.165, 1.54) is 18.2 Å². The molecule has 31 heavy (non-hydrogen) atoms. The maximum absolute atomic E-state index is 13.0. The molecule has 0 aliphatic carbocycles. The number of fused-ring (bicyclic) bond motifs is 1. The van der Waals surface area contributed by atoms with E-state index in [-0.39, 0.29) is 41.2 Å². The maximum atomic E-state index is 13.0. The summed E-state index contributed by atoms with van der Waals surface area (Å²) in [5.41, 5.74) is 6.49. The number of carbonyl (C=O) groups is 1. The molecule has 0 bridgehead atoms. The van der Waals surface area contributed by atoms with Crippen molar-refractivity contribution in [2.45, 2.75) is 25.3 Å². The van der Waals surface area contributed by atoms with E-state index in [9.17, 15) is 23.4 Å². The van der Waals surface area contributed by atoms with Gasteiger partial charge in [-0.2, -0.15) is 8.42 Å². The second-order valence-electron chi connectivity index (χ2n) is 7.39. The summed E-state index contributed by atoms with van der Waals surface area (Å²) in [6.07, 6.45) is 2.40. The van der Waals surface area contributed by atoms with Gasteiger partial charge in [-0.15, -0.1) is 4.40 Å². The summed E-state index contributed by atoms with van der Waals surface area (Å²) in [4.78, 5) is 14.7. The van der Waals surface area contributed by atoms with Crippen LogP contribution in [0.3, 0.4) is 0 Å². The summed E-state index contributed by atoms with van der Waals surface area (Å²) in [6.45, 7) is 0.625. The first kappa shape index (κ1) is 20.8. The number of amidine groups is 1. The lowest BCUT2D eigenvalue weighted by molar-refractivity contribution is 0.0525. The number of piperidine rings is 1. The average molecular weight is 446 g/mol. The van der Waals surface area contributed by atoms with Crippen LogP contribution in [0.25, 0.3) is 0 Å². The number of ether oxygens (including phenoxy) is 1. The molecule has 2 heterocycles. The van der Waals surface area contributed by atoms with Crippen molar-refractivity contribution in [3.8, 4) is 17.2 Å². The molecule has 0 saturated carbocycles. The van der Waals surface area contributed by atoms with Gasteiger partial charge >= 0.3 is 10.2 Å². The summed E-state index contributed by atoms with van der Waals surface area (Å²) in [5, 5.41) is 19.8. The molecule has 4 rings (SSSR count). The molecule has 0 aromatic heterocycles. The van der Waals surface area contributed by atoms with Crippen LogP contribution in [0.5, 0.6) is 17.2 Å². The molecule has 0 spiro atoms. The van der Waals surface area contributed by atoms with Gasteiger partial charge in [0.05, 0.1) is 22.9 Å². The lowest BCUT2D eigenvalue weighted by Gasteiger charge is -2.36. The molecule has 1 fully saturated rings. The number of likely N-dealkylation sites (tertiary alicyclic amines) is 1. The number of rotatable bonds is 4. The van der Waals surface area contributed by atoms with Gasteiger partial charge in [0.15, 0.2) is 5.84 Å². The lowest BCUT2D eigenvalue weighted by atomic mass is 10.0. The standard InChI is InChI=1S/C20H22N4O6S/c21-19-18-15(22-31(28,29)23-19)5-3-6-17(18)30-11-12-4-1-2-9-24(12)20(27)14-10-13(25)7-8-16(14)26/h3,5-8,10,12,22,25-26H,1-2,4,9,11H2,(H2,21,23). The minimum absolute atomic E-state index is 0.0229. The highest BCUT2D eigenvalue weighted by Gasteiger charge is 2.31. The Morgan fingerprint density at radius 3 is 2.87 bits per heavy atom. The van der Waals surface area contributed by atoms with E-state index in [0.29, 0.717) is 24.3 Å². The van der Waals surface area contributed by atoms with Crippen LogP contribution in [-0.4, -0.2) is 54.5 Å². The molecule has 1 saturated heterocycles. The van der Waals surface area contributed by atoms with Gasteiger partial charge in [-0.05, 0) is 49.6 Å². The quantitative estimate of drug-likeness (QED) is 0.519. The van der Waals surface area contributed by atoms with E-state index >= 15 is 0 Å². The highest BCUT2D eigenvalue weighted by Crippen LogP contribution is 2.32. The zero-order valence-electron chi connectivity index (χ0n) is 16.5. The third-order valence-electron chi connectivity index (χ3n) is 5.27. The predicted octanol–water partition coefficient (Wildman–Crippen LogP) is 1.55. The number of carbonyl (C=O) groups excluding carboxylic acids is 1. The first-order valence-electron chi connectivity index (χ1n) is 9.72. The van der Waals surface area contributed by atoms with Crippen LogP contribution < -0.4 is 15.2 Å². The van der Waals surface area contributed by atoms with Gasteiger partial charge in [-0.1, -0.05) is 6.07 Å². The Kier molecular flexibility index (Phi) is 5.36. The van der Waals surface area contributed by atoms with Gasteiger partial charge in [-0.25, -0.2) is 0 Å². The van der Waals surface area contributed by atoms with Crippen LogP contribution >= 0.6 is 0 Å². The third kappa shape index (κ3) is 4.22. The fourth-order valence-corrected chi connectivity index (χ4v) is 4.66. The fraction of sp³-hybridized carbons (Fsp3) is 0.300. The van der Waals surface area contributed by atoms with Crippen LogP contribution in [0.4, 0.5) is 5.69 Å². The number of anilines is 1. The molecular weight excluding hydrogens is 424 g/mol. The normalized spacial score (nSPS) is 19.7. The molecule has 11 heteroatoms. The van der Waals surface area contributed by atoms with Crippen molar-refractivity contribution >= 4 is 27.6 Å². The molecular formula is C20H22N4O6S. The van der Waals surface area contributed by atoms with Crippen molar-refractivity contribution in [3.63, 3.8) is 0 Å². The van der Waals surface area contributed by atoms with Crippen LogP contribution in [0.2, 0.25) is 0 Å². The molecule has 1 atom stereocenters. The summed E-state index contributed by atoms with van der Waals surface area (Å²) >= 11 is 0. The number of nitrogens with one attached hydrogen (secondary N) is 1. The maximum Gasteiger partial charge on any atom is 0.344 e. The summed E-state index contributed by atoms with van der Waals surface area (Å²) < 4.78 is 35.2. The molecule has 5 N–H and O–H groups in total. The minimum Gasteiger partial charge on any atom is -0.508 e. The van der Waals surface area contributed by atoms with Crippen LogP contribution in [0.15, 0.2) is 40.8 Å². The fourth-order valence-electron chi connectivity index (χ4n) is 3.81. The van der Waals surface area contributed by atoms with Gasteiger partial charge in [0.2, 0.25) is 0 Å². The molecule has 164 valence electrons. The Hall–Kier alpha value is -3.47. The first-order valence-corrected chi connectivity index (χ1v) is 11.2. The van der Waals surface area contributed by atoms with E-state index in [0.717, 1.165) is 12.8 Å². The first-order chi connectivity index (χ1) is 14.7. The van der Waals surface area contributed by atoms with Gasteiger partial charge in [-0.3, -0.25) is 9.52 Å². The van der Waals surface area contributed by atoms with Gasteiger partial charge in [0.25, 0.3) is 5.91 Å². The Labute approximate surface area is 179 Å². The average Bonchev–Trinajstić information content (AvgIpc) is 2.72. The van der Waals surface area contributed by atoms with E-state index < -0.39 is 16.1 Å². The highest BCUT2D eigenvalue weighted by atomic mass is 32.2. The second kappa shape index (κ2) is 7.99. The molecule has 1 unspecified atom stereocenters. The number of benzene rings is 2. The molecule has 2 aliphatic heterocycles. The van der Waals surface area contributed by atoms with E-state index in [2.05, 4.69) is 9.12 Å². The van der Waals surface area contributed by atoms with Crippen molar-refractivity contribution < 1.29 is 28.2 Å². The number of nitrogens with zero attached hydrogens (tertiary/aromatic N) is 2. The van der Waals surface area contributed by atoms with Gasteiger partial charge in [0, 0.05) is 6.54 Å². The lowest BCUT2D eigenvalue weighted by Crippen LogP contribution is -2.46. The molecule has 10 nitrogen and oxygen atoms in total. The van der Waals surface area contributed by atoms with Crippen molar-refractivity contribution in [3.05, 3.63) is 47.5 Å². The number of nitrogens with two attached hydrogens (primary N) is 1. The Morgan fingerprint density at radius 2 is 2.06 bits per heavy atom. The molecule has 1 amide bonds. The molecule has 2 aromatic rings. The number of phenolic OH excluding ortho intramolecular Hbond substituents is 2. The van der Waals surface area contributed by atoms with Crippen molar-refractivity contribution in [1.29, 1.82) is 0 Å². The van der Waals surface area contributed by atoms with Crippen LogP contribution in [0, 0.1) is 0 Å². The monoisotopic (exact) mass is 446 g/mol. The van der Waals surface area contributed by atoms with E-state index in [4.69, 9.17) is 10.5 Å². The predicted molar refractivity (Wildman–Crippen MR) is 114 cm³/mol. The second-order valence-corrected chi connectivity index (χ2v) is 8.73. The number of phenols is 2.